The fourth-order valence-corrected chi connectivity index (χ4v) is 3.16. The predicted molar refractivity (Wildman–Crippen MR) is 105 cm³/mol. The summed E-state index contributed by atoms with van der Waals surface area (Å²) in [6.07, 6.45) is 5.69. The number of anilines is 3. The summed E-state index contributed by atoms with van der Waals surface area (Å²) >= 11 is 0. The van der Waals surface area contributed by atoms with E-state index in [0.29, 0.717) is 23.7 Å². The molecule has 1 amide bonds. The smallest absolute Gasteiger partial charge is 0.253 e. The third-order valence-electron chi connectivity index (χ3n) is 4.64. The first-order chi connectivity index (χ1) is 13.3. The molecule has 0 atom stereocenters. The van der Waals surface area contributed by atoms with Crippen LogP contribution in [0.1, 0.15) is 29.0 Å². The van der Waals surface area contributed by atoms with Crippen LogP contribution in [0.3, 0.4) is 0 Å². The Morgan fingerprint density at radius 1 is 1.07 bits per heavy atom. The van der Waals surface area contributed by atoms with Gasteiger partial charge in [0.25, 0.3) is 5.91 Å². The second kappa shape index (κ2) is 7.95. The molecular weight excluding hydrogens is 340 g/mol. The largest absolute Gasteiger partial charge is 0.467 e. The van der Waals surface area contributed by atoms with E-state index in [2.05, 4.69) is 44.8 Å². The molecule has 1 aliphatic rings. The first-order valence-electron chi connectivity index (χ1n) is 9.16. The number of carbonyl (C=O) groups excluding carboxylic acids is 1. The summed E-state index contributed by atoms with van der Waals surface area (Å²) in [7, 11) is 0. The Labute approximate surface area is 158 Å². The van der Waals surface area contributed by atoms with Crippen molar-refractivity contribution in [3.05, 3.63) is 72.3 Å². The number of pyridine rings is 1. The van der Waals surface area contributed by atoms with Gasteiger partial charge in [0.2, 0.25) is 0 Å². The molecule has 1 aliphatic heterocycles. The average Bonchev–Trinajstić information content (AvgIpc) is 3.41. The van der Waals surface area contributed by atoms with Crippen LogP contribution in [0.2, 0.25) is 0 Å². The van der Waals surface area contributed by atoms with Crippen molar-refractivity contribution >= 4 is 23.1 Å². The van der Waals surface area contributed by atoms with E-state index in [4.69, 9.17) is 4.42 Å². The van der Waals surface area contributed by atoms with Gasteiger partial charge in [0, 0.05) is 30.7 Å². The molecule has 4 rings (SSSR count). The molecule has 27 heavy (non-hydrogen) atoms. The number of furan rings is 1. The molecule has 0 aliphatic carbocycles. The Kier molecular flexibility index (Phi) is 5.05. The molecule has 0 saturated carbocycles. The summed E-state index contributed by atoms with van der Waals surface area (Å²) in [5.74, 6) is 1.24. The van der Waals surface area contributed by atoms with Crippen molar-refractivity contribution in [1.29, 1.82) is 0 Å². The number of rotatable bonds is 6. The molecule has 0 radical (unpaired) electrons. The van der Waals surface area contributed by atoms with Gasteiger partial charge in [-0.25, -0.2) is 4.98 Å². The Hall–Kier alpha value is -3.28. The first kappa shape index (κ1) is 17.1. The Balaban J connectivity index is 1.33. The van der Waals surface area contributed by atoms with Gasteiger partial charge in [-0.05, 0) is 61.4 Å². The lowest BCUT2D eigenvalue weighted by Gasteiger charge is -2.17. The number of amides is 1. The van der Waals surface area contributed by atoms with E-state index in [1.54, 1.807) is 30.7 Å². The highest BCUT2D eigenvalue weighted by Gasteiger charge is 2.12. The number of nitrogens with one attached hydrogen (secondary N) is 2. The molecule has 1 saturated heterocycles. The third kappa shape index (κ3) is 4.28. The van der Waals surface area contributed by atoms with E-state index < -0.39 is 0 Å². The molecular formula is C21H22N4O2. The number of hydrogen-bond acceptors (Lipinski definition) is 5. The Bertz CT molecular complexity index is 868. The van der Waals surface area contributed by atoms with E-state index >= 15 is 0 Å². The minimum atomic E-state index is -0.180. The first-order valence-corrected chi connectivity index (χ1v) is 9.16. The minimum Gasteiger partial charge on any atom is -0.467 e. The topological polar surface area (TPSA) is 70.4 Å². The fraction of sp³-hybridized carbons (Fsp3) is 0.238. The monoisotopic (exact) mass is 362 g/mol. The molecule has 3 heterocycles. The highest BCUT2D eigenvalue weighted by molar-refractivity contribution is 5.94. The van der Waals surface area contributed by atoms with Gasteiger partial charge in [0.1, 0.15) is 11.6 Å². The minimum absolute atomic E-state index is 0.180. The maximum absolute atomic E-state index is 12.2. The van der Waals surface area contributed by atoms with Gasteiger partial charge in [-0.1, -0.05) is 0 Å². The van der Waals surface area contributed by atoms with Crippen LogP contribution in [0.4, 0.5) is 17.2 Å². The van der Waals surface area contributed by atoms with Gasteiger partial charge in [-0.2, -0.15) is 0 Å². The van der Waals surface area contributed by atoms with Crippen molar-refractivity contribution in [2.24, 2.45) is 0 Å². The second-order valence-electron chi connectivity index (χ2n) is 6.56. The summed E-state index contributed by atoms with van der Waals surface area (Å²) < 4.78 is 5.20. The fourth-order valence-electron chi connectivity index (χ4n) is 3.16. The van der Waals surface area contributed by atoms with E-state index in [0.717, 1.165) is 18.8 Å². The number of hydrogen-bond donors (Lipinski definition) is 2. The summed E-state index contributed by atoms with van der Waals surface area (Å²) in [6.45, 7) is 2.63. The summed E-state index contributed by atoms with van der Waals surface area (Å²) in [4.78, 5) is 18.9. The Morgan fingerprint density at radius 3 is 2.56 bits per heavy atom. The zero-order valence-electron chi connectivity index (χ0n) is 15.0. The maximum Gasteiger partial charge on any atom is 0.253 e. The molecule has 138 valence electrons. The summed E-state index contributed by atoms with van der Waals surface area (Å²) in [5.41, 5.74) is 2.74. The van der Waals surface area contributed by atoms with Crippen molar-refractivity contribution in [3.63, 3.8) is 0 Å². The van der Waals surface area contributed by atoms with Crippen molar-refractivity contribution in [3.8, 4) is 0 Å². The van der Waals surface area contributed by atoms with Crippen LogP contribution in [0, 0.1) is 0 Å². The molecule has 0 unspecified atom stereocenters. The van der Waals surface area contributed by atoms with Gasteiger partial charge in [0.15, 0.2) is 0 Å². The van der Waals surface area contributed by atoms with Gasteiger partial charge in [0.05, 0.1) is 18.4 Å². The summed E-state index contributed by atoms with van der Waals surface area (Å²) in [6, 6.07) is 15.5. The van der Waals surface area contributed by atoms with Crippen LogP contribution in [-0.4, -0.2) is 24.0 Å². The van der Waals surface area contributed by atoms with Crippen molar-refractivity contribution in [2.75, 3.05) is 23.3 Å². The lowest BCUT2D eigenvalue weighted by atomic mass is 10.2. The quantitative estimate of drug-likeness (QED) is 0.695. The number of aromatic nitrogens is 1. The second-order valence-corrected chi connectivity index (χ2v) is 6.56. The molecule has 2 aromatic heterocycles. The molecule has 2 N–H and O–H groups in total. The molecule has 3 aromatic rings. The van der Waals surface area contributed by atoms with E-state index in [1.165, 1.54) is 18.5 Å². The normalized spacial score (nSPS) is 13.6. The molecule has 6 nitrogen and oxygen atoms in total. The van der Waals surface area contributed by atoms with Crippen LogP contribution in [-0.2, 0) is 6.54 Å². The highest BCUT2D eigenvalue weighted by Crippen LogP contribution is 2.23. The molecule has 6 heteroatoms. The van der Waals surface area contributed by atoms with Crippen molar-refractivity contribution < 1.29 is 9.21 Å². The SMILES string of the molecule is O=C(NCc1ccco1)c1ccc(Nc2ccc(N3CCCC3)cc2)nc1. The van der Waals surface area contributed by atoms with Crippen molar-refractivity contribution in [2.45, 2.75) is 19.4 Å². The van der Waals surface area contributed by atoms with Crippen molar-refractivity contribution in [1.82, 2.24) is 10.3 Å². The zero-order chi connectivity index (χ0) is 18.5. The molecule has 1 aromatic carbocycles. The average molecular weight is 362 g/mol. The van der Waals surface area contributed by atoms with Gasteiger partial charge < -0.3 is 20.0 Å². The lowest BCUT2D eigenvalue weighted by molar-refractivity contribution is 0.0947. The lowest BCUT2D eigenvalue weighted by Crippen LogP contribution is -2.22. The van der Waals surface area contributed by atoms with Crippen LogP contribution < -0.4 is 15.5 Å². The number of carbonyl (C=O) groups is 1. The van der Waals surface area contributed by atoms with Crippen LogP contribution >= 0.6 is 0 Å². The number of nitrogens with zero attached hydrogens (tertiary/aromatic N) is 2. The molecule has 1 fully saturated rings. The third-order valence-corrected chi connectivity index (χ3v) is 4.64. The maximum atomic E-state index is 12.2. The van der Waals surface area contributed by atoms with Crippen LogP contribution in [0.5, 0.6) is 0 Å². The molecule has 0 bridgehead atoms. The van der Waals surface area contributed by atoms with E-state index in [1.807, 2.05) is 6.07 Å². The zero-order valence-corrected chi connectivity index (χ0v) is 15.0. The Morgan fingerprint density at radius 2 is 1.89 bits per heavy atom. The van der Waals surface area contributed by atoms with Crippen LogP contribution in [0.25, 0.3) is 0 Å². The van der Waals surface area contributed by atoms with Gasteiger partial charge >= 0.3 is 0 Å². The standard InChI is InChI=1S/C21H22N4O2/c26-21(23-15-19-4-3-13-27-19)16-5-10-20(22-14-16)24-17-6-8-18(9-7-17)25-11-1-2-12-25/h3-10,13-14H,1-2,11-12,15H2,(H,22,24)(H,23,26). The summed E-state index contributed by atoms with van der Waals surface area (Å²) in [5, 5.41) is 6.07. The van der Waals surface area contributed by atoms with E-state index in [-0.39, 0.29) is 5.91 Å². The predicted octanol–water partition coefficient (Wildman–Crippen LogP) is 3.95. The van der Waals surface area contributed by atoms with Gasteiger partial charge in [-0.3, -0.25) is 4.79 Å². The van der Waals surface area contributed by atoms with Crippen LogP contribution in [0.15, 0.2) is 65.4 Å². The van der Waals surface area contributed by atoms with Gasteiger partial charge in [-0.15, -0.1) is 0 Å². The highest BCUT2D eigenvalue weighted by atomic mass is 16.3. The molecule has 0 spiro atoms. The van der Waals surface area contributed by atoms with E-state index in [9.17, 15) is 4.79 Å². The number of benzene rings is 1.